The highest BCUT2D eigenvalue weighted by atomic mass is 32.2. The van der Waals surface area contributed by atoms with Gasteiger partial charge in [0.2, 0.25) is 0 Å². The predicted octanol–water partition coefficient (Wildman–Crippen LogP) is 3.46. The number of rotatable bonds is 6. The average Bonchev–Trinajstić information content (AvgIpc) is 2.26. The van der Waals surface area contributed by atoms with Gasteiger partial charge in [-0.05, 0) is 58.7 Å². The number of hydrogen-bond donors (Lipinski definition) is 1. The molecular formula is C15H23N3S. The van der Waals surface area contributed by atoms with Gasteiger partial charge in [0.25, 0.3) is 0 Å². The number of pyridine rings is 1. The van der Waals surface area contributed by atoms with Gasteiger partial charge in [-0.1, -0.05) is 0 Å². The van der Waals surface area contributed by atoms with E-state index >= 15 is 0 Å². The van der Waals surface area contributed by atoms with Crippen LogP contribution in [-0.2, 0) is 0 Å². The second-order valence-electron chi connectivity index (χ2n) is 5.47. The van der Waals surface area contributed by atoms with Crippen LogP contribution in [-0.4, -0.2) is 22.3 Å². The van der Waals surface area contributed by atoms with Gasteiger partial charge in [0.1, 0.15) is 5.54 Å². The fourth-order valence-corrected chi connectivity index (χ4v) is 3.23. The van der Waals surface area contributed by atoms with E-state index in [0.717, 1.165) is 22.9 Å². The number of hydrogen-bond acceptors (Lipinski definition) is 4. The highest BCUT2D eigenvalue weighted by Gasteiger charge is 2.23. The van der Waals surface area contributed by atoms with Crippen LogP contribution in [0.2, 0.25) is 0 Å². The van der Waals surface area contributed by atoms with E-state index < -0.39 is 5.54 Å². The molecule has 0 aliphatic heterocycles. The van der Waals surface area contributed by atoms with Crippen molar-refractivity contribution in [1.82, 2.24) is 10.3 Å². The Hall–Kier alpha value is -1.05. The SMILES string of the molecule is Cc1cc(C)nc(SCCC(C)(C#N)NC(C)C)c1. The van der Waals surface area contributed by atoms with Crippen molar-refractivity contribution in [1.29, 1.82) is 5.26 Å². The van der Waals surface area contributed by atoms with Crippen molar-refractivity contribution in [3.63, 3.8) is 0 Å². The Labute approximate surface area is 120 Å². The largest absolute Gasteiger partial charge is 0.297 e. The molecule has 3 nitrogen and oxygen atoms in total. The van der Waals surface area contributed by atoms with Crippen LogP contribution < -0.4 is 5.32 Å². The molecule has 0 saturated carbocycles. The fraction of sp³-hybridized carbons (Fsp3) is 0.600. The lowest BCUT2D eigenvalue weighted by molar-refractivity contribution is 0.397. The van der Waals surface area contributed by atoms with E-state index in [2.05, 4.69) is 49.3 Å². The van der Waals surface area contributed by atoms with E-state index in [0.29, 0.717) is 6.04 Å². The van der Waals surface area contributed by atoms with Crippen molar-refractivity contribution < 1.29 is 0 Å². The van der Waals surface area contributed by atoms with Gasteiger partial charge in [-0.15, -0.1) is 11.8 Å². The van der Waals surface area contributed by atoms with E-state index in [-0.39, 0.29) is 0 Å². The Balaban J connectivity index is 2.55. The maximum Gasteiger partial charge on any atom is 0.104 e. The van der Waals surface area contributed by atoms with Crippen LogP contribution >= 0.6 is 11.8 Å². The number of aryl methyl sites for hydroxylation is 2. The molecule has 104 valence electrons. The van der Waals surface area contributed by atoms with Crippen molar-refractivity contribution in [2.45, 2.75) is 57.6 Å². The van der Waals surface area contributed by atoms with Crippen molar-refractivity contribution >= 4 is 11.8 Å². The molecular weight excluding hydrogens is 254 g/mol. The zero-order valence-electron chi connectivity index (χ0n) is 12.4. The maximum atomic E-state index is 9.28. The highest BCUT2D eigenvalue weighted by Crippen LogP contribution is 2.21. The summed E-state index contributed by atoms with van der Waals surface area (Å²) in [6.45, 7) is 10.2. The summed E-state index contributed by atoms with van der Waals surface area (Å²) in [6, 6.07) is 6.86. The van der Waals surface area contributed by atoms with E-state index in [1.165, 1.54) is 5.56 Å². The van der Waals surface area contributed by atoms with Gasteiger partial charge in [-0.2, -0.15) is 5.26 Å². The molecule has 0 spiro atoms. The molecule has 0 aliphatic carbocycles. The molecule has 1 atom stereocenters. The zero-order chi connectivity index (χ0) is 14.5. The molecule has 0 fully saturated rings. The van der Waals surface area contributed by atoms with E-state index in [9.17, 15) is 5.26 Å². The zero-order valence-corrected chi connectivity index (χ0v) is 13.3. The Morgan fingerprint density at radius 1 is 1.42 bits per heavy atom. The van der Waals surface area contributed by atoms with Crippen LogP contribution in [0.3, 0.4) is 0 Å². The van der Waals surface area contributed by atoms with Gasteiger partial charge < -0.3 is 0 Å². The Kier molecular flexibility index (Phi) is 5.84. The topological polar surface area (TPSA) is 48.7 Å². The molecule has 1 aromatic rings. The summed E-state index contributed by atoms with van der Waals surface area (Å²) in [7, 11) is 0. The van der Waals surface area contributed by atoms with Crippen molar-refractivity contribution in [3.8, 4) is 6.07 Å². The summed E-state index contributed by atoms with van der Waals surface area (Å²) in [6.07, 6.45) is 0.807. The highest BCUT2D eigenvalue weighted by molar-refractivity contribution is 7.99. The van der Waals surface area contributed by atoms with Gasteiger partial charge in [0.15, 0.2) is 0 Å². The van der Waals surface area contributed by atoms with E-state index in [1.807, 2.05) is 13.8 Å². The van der Waals surface area contributed by atoms with Gasteiger partial charge in [0.05, 0.1) is 11.1 Å². The van der Waals surface area contributed by atoms with Crippen molar-refractivity contribution in [2.24, 2.45) is 0 Å². The Bertz CT molecular complexity index is 445. The summed E-state index contributed by atoms with van der Waals surface area (Å²) < 4.78 is 0. The quantitative estimate of drug-likeness (QED) is 0.809. The molecule has 1 unspecified atom stereocenters. The van der Waals surface area contributed by atoms with Crippen molar-refractivity contribution in [3.05, 3.63) is 23.4 Å². The van der Waals surface area contributed by atoms with Crippen LogP contribution in [0.1, 0.15) is 38.4 Å². The van der Waals surface area contributed by atoms with E-state index in [4.69, 9.17) is 0 Å². The lowest BCUT2D eigenvalue weighted by Crippen LogP contribution is -2.45. The van der Waals surface area contributed by atoms with Gasteiger partial charge in [-0.3, -0.25) is 5.32 Å². The molecule has 4 heteroatoms. The molecule has 1 aromatic heterocycles. The smallest absolute Gasteiger partial charge is 0.104 e. The molecule has 0 aromatic carbocycles. The maximum absolute atomic E-state index is 9.28. The molecule has 0 saturated heterocycles. The first kappa shape index (κ1) is 16.0. The Morgan fingerprint density at radius 3 is 2.63 bits per heavy atom. The minimum atomic E-state index is -0.458. The van der Waals surface area contributed by atoms with Gasteiger partial charge in [0, 0.05) is 17.5 Å². The third-order valence-corrected chi connectivity index (χ3v) is 3.69. The third kappa shape index (κ3) is 5.63. The normalized spacial score (nSPS) is 14.2. The van der Waals surface area contributed by atoms with Gasteiger partial charge in [-0.25, -0.2) is 4.98 Å². The lowest BCUT2D eigenvalue weighted by atomic mass is 10.0. The molecule has 0 aliphatic rings. The minimum absolute atomic E-state index is 0.314. The number of thioether (sulfide) groups is 1. The van der Waals surface area contributed by atoms with Crippen LogP contribution in [0.15, 0.2) is 17.2 Å². The summed E-state index contributed by atoms with van der Waals surface area (Å²) in [5.41, 5.74) is 1.82. The molecule has 0 amide bonds. The summed E-state index contributed by atoms with van der Waals surface area (Å²) in [5.74, 6) is 0.889. The molecule has 1 N–H and O–H groups in total. The predicted molar refractivity (Wildman–Crippen MR) is 81.3 cm³/mol. The average molecular weight is 277 g/mol. The summed E-state index contributed by atoms with van der Waals surface area (Å²) >= 11 is 1.72. The molecule has 1 heterocycles. The third-order valence-electron chi connectivity index (χ3n) is 2.78. The molecule has 1 rings (SSSR count). The second kappa shape index (κ2) is 6.93. The van der Waals surface area contributed by atoms with Crippen LogP contribution in [0.5, 0.6) is 0 Å². The second-order valence-corrected chi connectivity index (χ2v) is 6.58. The van der Waals surface area contributed by atoms with Crippen LogP contribution in [0.25, 0.3) is 0 Å². The van der Waals surface area contributed by atoms with Crippen LogP contribution in [0, 0.1) is 25.2 Å². The lowest BCUT2D eigenvalue weighted by Gasteiger charge is -2.25. The molecule has 19 heavy (non-hydrogen) atoms. The summed E-state index contributed by atoms with van der Waals surface area (Å²) in [5, 5.41) is 13.6. The number of nitrogens with one attached hydrogen (secondary N) is 1. The van der Waals surface area contributed by atoms with E-state index in [1.54, 1.807) is 11.8 Å². The fourth-order valence-electron chi connectivity index (χ4n) is 2.04. The first-order valence-electron chi connectivity index (χ1n) is 6.62. The molecule has 0 radical (unpaired) electrons. The summed E-state index contributed by atoms with van der Waals surface area (Å²) in [4.78, 5) is 4.50. The molecule has 0 bridgehead atoms. The monoisotopic (exact) mass is 277 g/mol. The van der Waals surface area contributed by atoms with Crippen molar-refractivity contribution in [2.75, 3.05) is 5.75 Å². The first-order valence-corrected chi connectivity index (χ1v) is 7.60. The Morgan fingerprint density at radius 2 is 2.11 bits per heavy atom. The van der Waals surface area contributed by atoms with Crippen LogP contribution in [0.4, 0.5) is 0 Å². The number of nitrogens with zero attached hydrogens (tertiary/aromatic N) is 2. The van der Waals surface area contributed by atoms with Gasteiger partial charge >= 0.3 is 0 Å². The minimum Gasteiger partial charge on any atom is -0.297 e. The first-order chi connectivity index (χ1) is 8.84. The standard InChI is InChI=1S/C15H23N3S/c1-11(2)18-15(5,10-16)6-7-19-14-9-12(3)8-13(4)17-14/h8-9,11,18H,6-7H2,1-5H3. The number of aromatic nitrogens is 1. The number of nitriles is 1.